The van der Waals surface area contributed by atoms with Crippen LogP contribution >= 0.6 is 0 Å². The molecule has 0 spiro atoms. The van der Waals surface area contributed by atoms with Crippen molar-refractivity contribution in [1.29, 1.82) is 0 Å². The van der Waals surface area contributed by atoms with Crippen LogP contribution in [0.25, 0.3) is 0 Å². The molecule has 0 heterocycles. The molecule has 0 saturated carbocycles. The predicted octanol–water partition coefficient (Wildman–Crippen LogP) is 4.27. The Labute approximate surface area is 122 Å². The summed E-state index contributed by atoms with van der Waals surface area (Å²) in [7, 11) is 0.921. The van der Waals surface area contributed by atoms with Crippen LogP contribution in [-0.2, 0) is 4.84 Å². The summed E-state index contributed by atoms with van der Waals surface area (Å²) in [5, 5.41) is 2.18. The Kier molecular flexibility index (Phi) is 4.30. The third-order valence-corrected chi connectivity index (χ3v) is 2.88. The molecular weight excluding hydrogens is 304 g/mol. The smallest absolute Gasteiger partial charge is 0.345 e. The van der Waals surface area contributed by atoms with Crippen molar-refractivity contribution in [3.05, 3.63) is 58.0 Å². The van der Waals surface area contributed by atoms with Crippen LogP contribution in [0.3, 0.4) is 0 Å². The van der Waals surface area contributed by atoms with E-state index in [4.69, 9.17) is 0 Å². The lowest BCUT2D eigenvalue weighted by Gasteiger charge is -2.10. The fourth-order valence-corrected chi connectivity index (χ4v) is 1.83. The Balaban J connectivity index is 2.60. The van der Waals surface area contributed by atoms with Gasteiger partial charge in [-0.1, -0.05) is 6.07 Å². The SMILES string of the molecule is CO[N+](=O)c1c(F)cc(F)c(F)c1Nc1ccc(C)cc1F. The molecule has 0 aliphatic rings. The summed E-state index contributed by atoms with van der Waals surface area (Å²) in [6.07, 6.45) is 0. The zero-order valence-electron chi connectivity index (χ0n) is 11.6. The molecule has 0 aromatic heterocycles. The summed E-state index contributed by atoms with van der Waals surface area (Å²) in [6, 6.07) is 4.09. The van der Waals surface area contributed by atoms with E-state index in [1.165, 1.54) is 12.1 Å². The molecule has 2 aromatic rings. The Morgan fingerprint density at radius 1 is 1.05 bits per heavy atom. The van der Waals surface area contributed by atoms with E-state index < -0.39 is 34.6 Å². The van der Waals surface area contributed by atoms with Gasteiger partial charge in [-0.3, -0.25) is 0 Å². The van der Waals surface area contributed by atoms with E-state index in [0.717, 1.165) is 13.2 Å². The molecular formula is C14H11F4N2O2+. The highest BCUT2D eigenvalue weighted by atomic mass is 19.2. The zero-order chi connectivity index (χ0) is 16.4. The number of aryl methyl sites for hydroxylation is 1. The molecule has 0 aliphatic heterocycles. The maximum atomic E-state index is 13.9. The highest BCUT2D eigenvalue weighted by Crippen LogP contribution is 2.35. The van der Waals surface area contributed by atoms with Gasteiger partial charge in [-0.05, 0) is 24.6 Å². The Morgan fingerprint density at radius 3 is 2.32 bits per heavy atom. The summed E-state index contributed by atoms with van der Waals surface area (Å²) in [5.74, 6) is -5.19. The Bertz CT molecular complexity index is 750. The van der Waals surface area contributed by atoms with E-state index in [0.29, 0.717) is 5.56 Å². The molecule has 0 amide bonds. The number of hydrogen-bond donors (Lipinski definition) is 1. The molecule has 0 atom stereocenters. The maximum Gasteiger partial charge on any atom is 0.378 e. The van der Waals surface area contributed by atoms with Crippen LogP contribution in [0.1, 0.15) is 5.56 Å². The van der Waals surface area contributed by atoms with Crippen molar-refractivity contribution < 1.29 is 27.3 Å². The Morgan fingerprint density at radius 2 is 1.73 bits per heavy atom. The molecule has 0 radical (unpaired) electrons. The molecule has 0 unspecified atom stereocenters. The molecule has 0 bridgehead atoms. The average molecular weight is 315 g/mol. The lowest BCUT2D eigenvalue weighted by molar-refractivity contribution is -0.737. The van der Waals surface area contributed by atoms with Crippen LogP contribution in [-0.4, -0.2) is 12.0 Å². The maximum absolute atomic E-state index is 13.9. The second kappa shape index (κ2) is 6.00. The van der Waals surface area contributed by atoms with Gasteiger partial charge in [-0.2, -0.15) is 4.39 Å². The molecule has 0 fully saturated rings. The molecule has 4 nitrogen and oxygen atoms in total. The van der Waals surface area contributed by atoms with Crippen LogP contribution in [0.5, 0.6) is 0 Å². The fourth-order valence-electron chi connectivity index (χ4n) is 1.83. The normalized spacial score (nSPS) is 10.5. The predicted molar refractivity (Wildman–Crippen MR) is 71.0 cm³/mol. The van der Waals surface area contributed by atoms with Crippen molar-refractivity contribution in [1.82, 2.24) is 0 Å². The number of nitrogens with zero attached hydrogens (tertiary/aromatic N) is 1. The van der Waals surface area contributed by atoms with Crippen LogP contribution in [0.15, 0.2) is 24.3 Å². The summed E-state index contributed by atoms with van der Waals surface area (Å²) in [4.78, 5) is 15.4. The highest BCUT2D eigenvalue weighted by molar-refractivity contribution is 5.71. The second-order valence-corrected chi connectivity index (χ2v) is 4.43. The van der Waals surface area contributed by atoms with Crippen LogP contribution in [0.2, 0.25) is 0 Å². The number of halogens is 4. The highest BCUT2D eigenvalue weighted by Gasteiger charge is 2.33. The number of rotatable bonds is 4. The average Bonchev–Trinajstić information content (AvgIpc) is 2.46. The topological polar surface area (TPSA) is 41.3 Å². The van der Waals surface area contributed by atoms with Gasteiger partial charge in [0.05, 0.1) is 10.6 Å². The van der Waals surface area contributed by atoms with Crippen molar-refractivity contribution in [2.75, 3.05) is 12.4 Å². The summed E-state index contributed by atoms with van der Waals surface area (Å²) in [5.41, 5.74) is -1.45. The minimum absolute atomic E-state index is 0.200. The molecule has 2 rings (SSSR count). The lowest BCUT2D eigenvalue weighted by atomic mass is 10.2. The molecule has 116 valence electrons. The first-order valence-corrected chi connectivity index (χ1v) is 6.07. The number of benzene rings is 2. The first-order chi connectivity index (χ1) is 10.3. The molecule has 1 N–H and O–H groups in total. The third-order valence-electron chi connectivity index (χ3n) is 2.88. The molecule has 0 saturated heterocycles. The van der Waals surface area contributed by atoms with Crippen LogP contribution in [0, 0.1) is 35.1 Å². The summed E-state index contributed by atoms with van der Waals surface area (Å²) in [6.45, 7) is 1.63. The molecule has 2 aromatic carbocycles. The van der Waals surface area contributed by atoms with Gasteiger partial charge < -0.3 is 5.32 Å². The monoisotopic (exact) mass is 315 g/mol. The minimum Gasteiger partial charge on any atom is -0.345 e. The van der Waals surface area contributed by atoms with Crippen molar-refractivity contribution >= 4 is 17.1 Å². The quantitative estimate of drug-likeness (QED) is 0.520. The summed E-state index contributed by atoms with van der Waals surface area (Å²) < 4.78 is 54.8. The van der Waals surface area contributed by atoms with Gasteiger partial charge in [0.1, 0.15) is 5.82 Å². The lowest BCUT2D eigenvalue weighted by Crippen LogP contribution is -2.08. The number of hydrogen-bond acceptors (Lipinski definition) is 3. The first-order valence-electron chi connectivity index (χ1n) is 6.07. The van der Waals surface area contributed by atoms with E-state index >= 15 is 0 Å². The van der Waals surface area contributed by atoms with Gasteiger partial charge in [0, 0.05) is 6.07 Å². The molecule has 8 heteroatoms. The number of nitrogens with one attached hydrogen (secondary N) is 1. The molecule has 22 heavy (non-hydrogen) atoms. The van der Waals surface area contributed by atoms with E-state index in [2.05, 4.69) is 10.2 Å². The largest absolute Gasteiger partial charge is 0.378 e. The van der Waals surface area contributed by atoms with Gasteiger partial charge in [-0.25, -0.2) is 18.0 Å². The van der Waals surface area contributed by atoms with E-state index in [1.807, 2.05) is 0 Å². The number of anilines is 2. The zero-order valence-corrected chi connectivity index (χ0v) is 11.6. The summed E-state index contributed by atoms with van der Waals surface area (Å²) >= 11 is 0. The first kappa shape index (κ1) is 15.7. The van der Waals surface area contributed by atoms with Crippen molar-refractivity contribution in [3.8, 4) is 0 Å². The van der Waals surface area contributed by atoms with Crippen molar-refractivity contribution in [2.24, 2.45) is 0 Å². The van der Waals surface area contributed by atoms with Gasteiger partial charge in [0.2, 0.25) is 5.82 Å². The van der Waals surface area contributed by atoms with E-state index in [1.54, 1.807) is 6.92 Å². The standard InChI is InChI=1S/C14H11F4N2O2/c1-7-3-4-11(8(15)5-7)19-13-12(18)9(16)6-10(17)14(13)20(21)22-2/h3-6,19H,1-2H3/q+1. The van der Waals surface area contributed by atoms with E-state index in [9.17, 15) is 22.5 Å². The van der Waals surface area contributed by atoms with Gasteiger partial charge in [-0.15, -0.1) is 0 Å². The second-order valence-electron chi connectivity index (χ2n) is 4.43. The van der Waals surface area contributed by atoms with Crippen LogP contribution < -0.4 is 5.32 Å². The third kappa shape index (κ3) is 2.85. The van der Waals surface area contributed by atoms with E-state index in [-0.39, 0.29) is 16.7 Å². The minimum atomic E-state index is -1.53. The Hall–Kier alpha value is -2.64. The van der Waals surface area contributed by atoms with Crippen molar-refractivity contribution in [3.63, 3.8) is 0 Å². The van der Waals surface area contributed by atoms with Crippen LogP contribution in [0.4, 0.5) is 34.6 Å². The van der Waals surface area contributed by atoms with Gasteiger partial charge in [0.15, 0.2) is 24.4 Å². The fraction of sp³-hybridized carbons (Fsp3) is 0.143. The van der Waals surface area contributed by atoms with Crippen molar-refractivity contribution in [2.45, 2.75) is 6.92 Å². The molecule has 0 aliphatic carbocycles. The van der Waals surface area contributed by atoms with Gasteiger partial charge in [0.25, 0.3) is 4.92 Å². The van der Waals surface area contributed by atoms with Gasteiger partial charge >= 0.3 is 5.69 Å².